The summed E-state index contributed by atoms with van der Waals surface area (Å²) in [4.78, 5) is 27.9. The van der Waals surface area contributed by atoms with Gasteiger partial charge in [-0.3, -0.25) is 9.59 Å². The van der Waals surface area contributed by atoms with Gasteiger partial charge in [-0.15, -0.1) is 0 Å². The smallest absolute Gasteiger partial charge is 0.262 e. The fraction of sp³-hybridized carbons (Fsp3) is 0.158. The van der Waals surface area contributed by atoms with Crippen molar-refractivity contribution in [3.63, 3.8) is 0 Å². The molecule has 2 aromatic carbocycles. The second-order valence-corrected chi connectivity index (χ2v) is 6.12. The largest absolute Gasteiger partial charge is 0.482 e. The molecule has 2 amide bonds. The molecule has 1 aromatic heterocycles. The van der Waals surface area contributed by atoms with Crippen LogP contribution in [0.25, 0.3) is 0 Å². The van der Waals surface area contributed by atoms with Crippen molar-refractivity contribution in [1.82, 2.24) is 14.8 Å². The van der Waals surface area contributed by atoms with E-state index in [-0.39, 0.29) is 25.0 Å². The number of aromatic nitrogens is 3. The summed E-state index contributed by atoms with van der Waals surface area (Å²) in [5, 5.41) is 9.82. The Balaban J connectivity index is 1.37. The van der Waals surface area contributed by atoms with Crippen LogP contribution in [0.15, 0.2) is 54.9 Å². The fourth-order valence-corrected chi connectivity index (χ4v) is 2.78. The first-order valence-electron chi connectivity index (χ1n) is 8.44. The molecule has 2 N–H and O–H groups in total. The Morgan fingerprint density at radius 3 is 2.93 bits per heavy atom. The summed E-state index contributed by atoms with van der Waals surface area (Å²) in [6, 6.07) is 15.0. The van der Waals surface area contributed by atoms with Crippen molar-refractivity contribution in [2.75, 3.05) is 17.2 Å². The van der Waals surface area contributed by atoms with Crippen LogP contribution in [0.2, 0.25) is 0 Å². The van der Waals surface area contributed by atoms with E-state index >= 15 is 0 Å². The van der Waals surface area contributed by atoms with Crippen molar-refractivity contribution in [2.24, 2.45) is 0 Å². The van der Waals surface area contributed by atoms with Gasteiger partial charge in [0.25, 0.3) is 5.91 Å². The Morgan fingerprint density at radius 1 is 1.22 bits per heavy atom. The third-order valence-electron chi connectivity index (χ3n) is 3.99. The van der Waals surface area contributed by atoms with E-state index in [1.165, 1.54) is 4.68 Å². The summed E-state index contributed by atoms with van der Waals surface area (Å²) >= 11 is 0. The second-order valence-electron chi connectivity index (χ2n) is 6.12. The van der Waals surface area contributed by atoms with Gasteiger partial charge in [-0.05, 0) is 23.8 Å². The molecule has 0 unspecified atom stereocenters. The average Bonchev–Trinajstić information content (AvgIpc) is 3.08. The molecule has 2 heterocycles. The summed E-state index contributed by atoms with van der Waals surface area (Å²) in [5.41, 5.74) is 2.21. The molecule has 27 heavy (non-hydrogen) atoms. The number of carbonyl (C=O) groups excluding carboxylic acids is 2. The van der Waals surface area contributed by atoms with Crippen LogP contribution in [0.5, 0.6) is 5.75 Å². The van der Waals surface area contributed by atoms with Gasteiger partial charge in [0.2, 0.25) is 5.91 Å². The first kappa shape index (κ1) is 16.8. The molecule has 0 radical (unpaired) electrons. The first-order valence-corrected chi connectivity index (χ1v) is 8.44. The minimum absolute atomic E-state index is 0.00365. The molecule has 0 saturated heterocycles. The Kier molecular flexibility index (Phi) is 4.52. The van der Waals surface area contributed by atoms with Crippen molar-refractivity contribution in [2.45, 2.75) is 13.0 Å². The number of nitrogens with zero attached hydrogens (tertiary/aromatic N) is 3. The molecule has 0 aliphatic carbocycles. The Morgan fingerprint density at radius 2 is 2.07 bits per heavy atom. The topological polar surface area (TPSA) is 98.1 Å². The predicted octanol–water partition coefficient (Wildman–Crippen LogP) is 1.84. The molecule has 1 aliphatic rings. The maximum atomic E-state index is 12.3. The summed E-state index contributed by atoms with van der Waals surface area (Å²) in [7, 11) is 0. The van der Waals surface area contributed by atoms with Gasteiger partial charge in [0.05, 0.1) is 5.69 Å². The van der Waals surface area contributed by atoms with Gasteiger partial charge >= 0.3 is 0 Å². The maximum absolute atomic E-state index is 12.3. The third-order valence-corrected chi connectivity index (χ3v) is 3.99. The Labute approximate surface area is 155 Å². The third kappa shape index (κ3) is 4.12. The summed E-state index contributed by atoms with van der Waals surface area (Å²) in [6.07, 6.45) is 2.15. The maximum Gasteiger partial charge on any atom is 0.262 e. The molecule has 0 spiro atoms. The fourth-order valence-electron chi connectivity index (χ4n) is 2.78. The van der Waals surface area contributed by atoms with Crippen LogP contribution in [-0.4, -0.2) is 33.2 Å². The van der Waals surface area contributed by atoms with Crippen molar-refractivity contribution in [1.29, 1.82) is 0 Å². The quantitative estimate of drug-likeness (QED) is 0.721. The number of ether oxygens (including phenoxy) is 1. The number of fused-ring (bicyclic) bond motifs is 1. The number of hydrogen-bond acceptors (Lipinski definition) is 5. The number of hydrogen-bond donors (Lipinski definition) is 2. The van der Waals surface area contributed by atoms with Gasteiger partial charge in [-0.1, -0.05) is 30.3 Å². The van der Waals surface area contributed by atoms with Crippen molar-refractivity contribution < 1.29 is 14.3 Å². The lowest BCUT2D eigenvalue weighted by Gasteiger charge is -2.18. The molecule has 8 heteroatoms. The SMILES string of the molecule is O=C(Cn1cnc(Cc2ccccc2)n1)Nc1ccc2c(c1)NC(=O)CO2. The molecule has 8 nitrogen and oxygen atoms in total. The van der Waals surface area contributed by atoms with Gasteiger partial charge in [0.1, 0.15) is 18.6 Å². The second kappa shape index (κ2) is 7.28. The van der Waals surface area contributed by atoms with E-state index in [1.54, 1.807) is 24.5 Å². The van der Waals surface area contributed by atoms with Crippen LogP contribution in [0.3, 0.4) is 0 Å². The van der Waals surface area contributed by atoms with Crippen LogP contribution in [0, 0.1) is 0 Å². The Bertz CT molecular complexity index is 984. The average molecular weight is 363 g/mol. The predicted molar refractivity (Wildman–Crippen MR) is 98.5 cm³/mol. The molecule has 136 valence electrons. The number of anilines is 2. The van der Waals surface area contributed by atoms with E-state index in [2.05, 4.69) is 20.7 Å². The number of rotatable bonds is 5. The molecule has 0 bridgehead atoms. The zero-order valence-electron chi connectivity index (χ0n) is 14.4. The first-order chi connectivity index (χ1) is 13.2. The van der Waals surface area contributed by atoms with Crippen LogP contribution in [0.4, 0.5) is 11.4 Å². The van der Waals surface area contributed by atoms with E-state index in [1.807, 2.05) is 30.3 Å². The van der Waals surface area contributed by atoms with E-state index in [9.17, 15) is 9.59 Å². The van der Waals surface area contributed by atoms with E-state index in [0.29, 0.717) is 29.4 Å². The molecular weight excluding hydrogens is 346 g/mol. The highest BCUT2D eigenvalue weighted by atomic mass is 16.5. The summed E-state index contributed by atoms with van der Waals surface area (Å²) in [6.45, 7) is 0.0397. The minimum atomic E-state index is -0.242. The molecule has 0 saturated carbocycles. The number of benzene rings is 2. The lowest BCUT2D eigenvalue weighted by Crippen LogP contribution is -2.25. The van der Waals surface area contributed by atoms with Gasteiger partial charge in [-0.25, -0.2) is 9.67 Å². The van der Waals surface area contributed by atoms with Crippen LogP contribution in [-0.2, 0) is 22.6 Å². The van der Waals surface area contributed by atoms with Crippen molar-refractivity contribution in [3.05, 3.63) is 66.2 Å². The highest BCUT2D eigenvalue weighted by Gasteiger charge is 2.16. The van der Waals surface area contributed by atoms with Crippen molar-refractivity contribution >= 4 is 23.2 Å². The van der Waals surface area contributed by atoms with Crippen molar-refractivity contribution in [3.8, 4) is 5.75 Å². The number of amides is 2. The molecule has 0 atom stereocenters. The molecule has 4 rings (SSSR count). The minimum Gasteiger partial charge on any atom is -0.482 e. The van der Waals surface area contributed by atoms with Gasteiger partial charge in [0.15, 0.2) is 12.4 Å². The van der Waals surface area contributed by atoms with Gasteiger partial charge in [0, 0.05) is 12.1 Å². The molecular formula is C19H17N5O3. The Hall–Kier alpha value is -3.68. The number of nitrogens with one attached hydrogen (secondary N) is 2. The highest BCUT2D eigenvalue weighted by molar-refractivity contribution is 5.97. The summed E-state index contributed by atoms with van der Waals surface area (Å²) < 4.78 is 6.79. The van der Waals surface area contributed by atoms with Crippen LogP contribution >= 0.6 is 0 Å². The normalized spacial score (nSPS) is 12.7. The van der Waals surface area contributed by atoms with Gasteiger partial charge in [-0.2, -0.15) is 5.10 Å². The van der Waals surface area contributed by atoms with E-state index < -0.39 is 0 Å². The lowest BCUT2D eigenvalue weighted by atomic mass is 10.1. The summed E-state index contributed by atoms with van der Waals surface area (Å²) in [5.74, 6) is 0.769. The zero-order valence-corrected chi connectivity index (χ0v) is 14.4. The monoisotopic (exact) mass is 363 g/mol. The molecule has 1 aliphatic heterocycles. The standard InChI is InChI=1S/C19H17N5O3/c25-18(21-14-6-7-16-15(9-14)22-19(26)11-27-16)10-24-12-20-17(23-24)8-13-4-2-1-3-5-13/h1-7,9,12H,8,10-11H2,(H,21,25)(H,22,26). The highest BCUT2D eigenvalue weighted by Crippen LogP contribution is 2.30. The van der Waals surface area contributed by atoms with E-state index in [0.717, 1.165) is 5.56 Å². The van der Waals surface area contributed by atoms with Crippen LogP contribution in [0.1, 0.15) is 11.4 Å². The number of carbonyl (C=O) groups is 2. The lowest BCUT2D eigenvalue weighted by molar-refractivity contribution is -0.118. The molecule has 3 aromatic rings. The zero-order chi connectivity index (χ0) is 18.6. The van der Waals surface area contributed by atoms with Gasteiger partial charge < -0.3 is 15.4 Å². The molecule has 0 fully saturated rings. The van der Waals surface area contributed by atoms with E-state index in [4.69, 9.17) is 4.74 Å². The van der Waals surface area contributed by atoms with Crippen LogP contribution < -0.4 is 15.4 Å².